The number of amides is 1. The van der Waals surface area contributed by atoms with Crippen molar-refractivity contribution in [2.24, 2.45) is 5.41 Å². The fraction of sp³-hybridized carbons (Fsp3) is 0.846. The summed E-state index contributed by atoms with van der Waals surface area (Å²) in [4.78, 5) is 25.3. The van der Waals surface area contributed by atoms with Crippen molar-refractivity contribution >= 4 is 11.7 Å². The minimum Gasteiger partial charge on any atom is -0.343 e. The van der Waals surface area contributed by atoms with Gasteiger partial charge in [-0.05, 0) is 19.3 Å². The number of hydrogen-bond donors (Lipinski definition) is 0. The smallest absolute Gasteiger partial charge is 0.222 e. The number of ketones is 1. The third-order valence-corrected chi connectivity index (χ3v) is 3.09. The van der Waals surface area contributed by atoms with Gasteiger partial charge in [-0.2, -0.15) is 0 Å². The lowest BCUT2D eigenvalue weighted by Gasteiger charge is -2.17. The lowest BCUT2D eigenvalue weighted by molar-refractivity contribution is -0.130. The number of likely N-dealkylation sites (tertiary alicyclic amines) is 1. The Labute approximate surface area is 98.2 Å². The van der Waals surface area contributed by atoms with Crippen molar-refractivity contribution in [2.45, 2.75) is 52.9 Å². The zero-order valence-corrected chi connectivity index (χ0v) is 10.7. The zero-order chi connectivity index (χ0) is 12.2. The first-order valence-electron chi connectivity index (χ1n) is 6.22. The Hall–Kier alpha value is -0.860. The molecule has 92 valence electrons. The number of carbonyl (C=O) groups is 2. The Kier molecular flexibility index (Phi) is 4.51. The van der Waals surface area contributed by atoms with Gasteiger partial charge in [-0.25, -0.2) is 0 Å². The Morgan fingerprint density at radius 1 is 1.06 bits per heavy atom. The SMILES string of the molecule is CC(C)(C)C(=O)CCCC(=O)N1CCCC1. The van der Waals surface area contributed by atoms with Gasteiger partial charge in [-0.3, -0.25) is 9.59 Å². The summed E-state index contributed by atoms with van der Waals surface area (Å²) in [6.45, 7) is 7.60. The highest BCUT2D eigenvalue weighted by atomic mass is 16.2. The van der Waals surface area contributed by atoms with Crippen LogP contribution >= 0.6 is 0 Å². The van der Waals surface area contributed by atoms with Crippen molar-refractivity contribution in [3.8, 4) is 0 Å². The first-order chi connectivity index (χ1) is 7.41. The second-order valence-electron chi connectivity index (χ2n) is 5.61. The third kappa shape index (κ3) is 3.95. The van der Waals surface area contributed by atoms with Crippen LogP contribution in [0.3, 0.4) is 0 Å². The summed E-state index contributed by atoms with van der Waals surface area (Å²) >= 11 is 0. The first kappa shape index (κ1) is 13.2. The van der Waals surface area contributed by atoms with Gasteiger partial charge < -0.3 is 4.90 Å². The summed E-state index contributed by atoms with van der Waals surface area (Å²) in [5, 5.41) is 0. The van der Waals surface area contributed by atoms with Crippen LogP contribution < -0.4 is 0 Å². The van der Waals surface area contributed by atoms with Crippen molar-refractivity contribution in [3.05, 3.63) is 0 Å². The molecule has 0 N–H and O–H groups in total. The predicted molar refractivity (Wildman–Crippen MR) is 64.1 cm³/mol. The molecule has 1 rings (SSSR count). The van der Waals surface area contributed by atoms with Gasteiger partial charge in [0.15, 0.2) is 0 Å². The van der Waals surface area contributed by atoms with Gasteiger partial charge in [0.25, 0.3) is 0 Å². The van der Waals surface area contributed by atoms with E-state index in [1.165, 1.54) is 0 Å². The van der Waals surface area contributed by atoms with Crippen molar-refractivity contribution in [3.63, 3.8) is 0 Å². The molecule has 0 aromatic carbocycles. The Bertz CT molecular complexity index is 260. The summed E-state index contributed by atoms with van der Waals surface area (Å²) in [6.07, 6.45) is 4.02. The molecule has 0 bridgehead atoms. The third-order valence-electron chi connectivity index (χ3n) is 3.09. The summed E-state index contributed by atoms with van der Waals surface area (Å²) in [5.74, 6) is 0.473. The summed E-state index contributed by atoms with van der Waals surface area (Å²) in [5.41, 5.74) is -0.267. The normalized spacial score (nSPS) is 16.6. The van der Waals surface area contributed by atoms with Gasteiger partial charge in [-0.1, -0.05) is 20.8 Å². The van der Waals surface area contributed by atoms with Crippen LogP contribution in [0.15, 0.2) is 0 Å². The van der Waals surface area contributed by atoms with Gasteiger partial charge in [0, 0.05) is 31.3 Å². The quantitative estimate of drug-likeness (QED) is 0.736. The highest BCUT2D eigenvalue weighted by Gasteiger charge is 2.22. The second-order valence-corrected chi connectivity index (χ2v) is 5.61. The standard InChI is InChI=1S/C13H23NO2/c1-13(2,3)11(15)7-6-8-12(16)14-9-4-5-10-14/h4-10H2,1-3H3. The molecular formula is C13H23NO2. The van der Waals surface area contributed by atoms with Crippen molar-refractivity contribution in [1.82, 2.24) is 4.90 Å². The number of carbonyl (C=O) groups excluding carboxylic acids is 2. The molecule has 1 fully saturated rings. The lowest BCUT2D eigenvalue weighted by Crippen LogP contribution is -2.27. The maximum atomic E-state index is 11.7. The van der Waals surface area contributed by atoms with E-state index in [0.29, 0.717) is 19.3 Å². The second kappa shape index (κ2) is 5.46. The van der Waals surface area contributed by atoms with Crippen LogP contribution in [0.1, 0.15) is 52.9 Å². The van der Waals surface area contributed by atoms with E-state index in [4.69, 9.17) is 0 Å². The van der Waals surface area contributed by atoms with Gasteiger partial charge in [-0.15, -0.1) is 0 Å². The van der Waals surface area contributed by atoms with Crippen LogP contribution in [-0.2, 0) is 9.59 Å². The molecule has 0 radical (unpaired) electrons. The fourth-order valence-electron chi connectivity index (χ4n) is 1.90. The molecule has 3 heteroatoms. The van der Waals surface area contributed by atoms with E-state index in [2.05, 4.69) is 0 Å². The molecule has 0 spiro atoms. The van der Waals surface area contributed by atoms with E-state index >= 15 is 0 Å². The molecule has 1 aliphatic heterocycles. The number of nitrogens with zero attached hydrogens (tertiary/aromatic N) is 1. The molecule has 3 nitrogen and oxygen atoms in total. The average Bonchev–Trinajstić information content (AvgIpc) is 2.68. The van der Waals surface area contributed by atoms with Crippen molar-refractivity contribution in [1.29, 1.82) is 0 Å². The highest BCUT2D eigenvalue weighted by molar-refractivity contribution is 5.84. The minimum absolute atomic E-state index is 0.221. The van der Waals surface area contributed by atoms with Gasteiger partial charge in [0.1, 0.15) is 5.78 Å². The van der Waals surface area contributed by atoms with Crippen LogP contribution in [0.2, 0.25) is 0 Å². The van der Waals surface area contributed by atoms with E-state index in [0.717, 1.165) is 25.9 Å². The maximum Gasteiger partial charge on any atom is 0.222 e. The molecule has 1 saturated heterocycles. The number of rotatable bonds is 4. The molecule has 0 unspecified atom stereocenters. The highest BCUT2D eigenvalue weighted by Crippen LogP contribution is 2.19. The Morgan fingerprint density at radius 3 is 2.12 bits per heavy atom. The van der Waals surface area contributed by atoms with Crippen molar-refractivity contribution in [2.75, 3.05) is 13.1 Å². The zero-order valence-electron chi connectivity index (χ0n) is 10.7. The van der Waals surface area contributed by atoms with E-state index in [9.17, 15) is 9.59 Å². The molecule has 0 atom stereocenters. The Morgan fingerprint density at radius 2 is 1.62 bits per heavy atom. The number of hydrogen-bond acceptors (Lipinski definition) is 2. The maximum absolute atomic E-state index is 11.7. The fourth-order valence-corrected chi connectivity index (χ4v) is 1.90. The molecule has 0 aromatic heterocycles. The van der Waals surface area contributed by atoms with E-state index < -0.39 is 0 Å². The molecule has 1 amide bonds. The molecule has 16 heavy (non-hydrogen) atoms. The molecule has 0 saturated carbocycles. The van der Waals surface area contributed by atoms with Crippen molar-refractivity contribution < 1.29 is 9.59 Å². The summed E-state index contributed by atoms with van der Waals surface area (Å²) in [7, 11) is 0. The monoisotopic (exact) mass is 225 g/mol. The van der Waals surface area contributed by atoms with Crippen LogP contribution in [0.5, 0.6) is 0 Å². The van der Waals surface area contributed by atoms with Crippen LogP contribution in [0.25, 0.3) is 0 Å². The van der Waals surface area contributed by atoms with Gasteiger partial charge in [0.05, 0.1) is 0 Å². The lowest BCUT2D eigenvalue weighted by atomic mass is 9.88. The van der Waals surface area contributed by atoms with Gasteiger partial charge in [0.2, 0.25) is 5.91 Å². The molecule has 0 aromatic rings. The molecule has 1 heterocycles. The minimum atomic E-state index is -0.267. The van der Waals surface area contributed by atoms with Crippen LogP contribution in [-0.4, -0.2) is 29.7 Å². The van der Waals surface area contributed by atoms with Gasteiger partial charge >= 0.3 is 0 Å². The van der Waals surface area contributed by atoms with Crippen LogP contribution in [0, 0.1) is 5.41 Å². The Balaban J connectivity index is 2.20. The molecule has 0 aliphatic carbocycles. The van der Waals surface area contributed by atoms with E-state index in [-0.39, 0.29) is 17.1 Å². The largest absolute Gasteiger partial charge is 0.343 e. The molecular weight excluding hydrogens is 202 g/mol. The van der Waals surface area contributed by atoms with E-state index in [1.807, 2.05) is 25.7 Å². The topological polar surface area (TPSA) is 37.4 Å². The summed E-state index contributed by atoms with van der Waals surface area (Å²) in [6, 6.07) is 0. The van der Waals surface area contributed by atoms with E-state index in [1.54, 1.807) is 0 Å². The molecule has 1 aliphatic rings. The number of Topliss-reactive ketones (excluding diaryl/α,β-unsaturated/α-hetero) is 1. The first-order valence-corrected chi connectivity index (χ1v) is 6.22. The van der Waals surface area contributed by atoms with Crippen LogP contribution in [0.4, 0.5) is 0 Å². The average molecular weight is 225 g/mol. The summed E-state index contributed by atoms with van der Waals surface area (Å²) < 4.78 is 0. The predicted octanol–water partition coefficient (Wildman–Crippen LogP) is 2.39.